The maximum Gasteiger partial charge on any atom is 0.328 e. The minimum atomic E-state index is -0.590. The molecule has 0 aromatic rings. The first-order valence-electron chi connectivity index (χ1n) is 5.93. The SMILES string of the molecule is COC(=O)[C@@H]1CCCN1C(=O)C(N)C(C)(C)C. The van der Waals surface area contributed by atoms with Crippen molar-refractivity contribution in [1.82, 2.24) is 4.90 Å². The van der Waals surface area contributed by atoms with Gasteiger partial charge in [0.05, 0.1) is 13.2 Å². The van der Waals surface area contributed by atoms with Gasteiger partial charge in [-0.25, -0.2) is 4.79 Å². The van der Waals surface area contributed by atoms with E-state index in [1.54, 1.807) is 4.90 Å². The second kappa shape index (κ2) is 5.04. The molecule has 98 valence electrons. The molecular formula is C12H22N2O3. The maximum atomic E-state index is 12.2. The molecule has 1 heterocycles. The molecular weight excluding hydrogens is 220 g/mol. The summed E-state index contributed by atoms with van der Waals surface area (Å²) in [4.78, 5) is 25.3. The largest absolute Gasteiger partial charge is 0.467 e. The average molecular weight is 242 g/mol. The van der Waals surface area contributed by atoms with E-state index >= 15 is 0 Å². The van der Waals surface area contributed by atoms with E-state index in [9.17, 15) is 9.59 Å². The second-order valence-electron chi connectivity index (χ2n) is 5.56. The Balaban J connectivity index is 2.78. The Kier molecular flexibility index (Phi) is 4.14. The van der Waals surface area contributed by atoms with Crippen molar-refractivity contribution >= 4 is 11.9 Å². The van der Waals surface area contributed by atoms with E-state index in [4.69, 9.17) is 10.5 Å². The summed E-state index contributed by atoms with van der Waals surface area (Å²) in [5.74, 6) is -0.512. The van der Waals surface area contributed by atoms with Crippen LogP contribution in [0, 0.1) is 5.41 Å². The Hall–Kier alpha value is -1.10. The summed E-state index contributed by atoms with van der Waals surface area (Å²) in [6.45, 7) is 6.33. The van der Waals surface area contributed by atoms with Crippen molar-refractivity contribution in [3.63, 3.8) is 0 Å². The molecule has 0 spiro atoms. The fraction of sp³-hybridized carbons (Fsp3) is 0.833. The minimum absolute atomic E-state index is 0.162. The summed E-state index contributed by atoms with van der Waals surface area (Å²) < 4.78 is 4.71. The summed E-state index contributed by atoms with van der Waals surface area (Å²) in [6.07, 6.45) is 1.48. The van der Waals surface area contributed by atoms with E-state index in [-0.39, 0.29) is 17.3 Å². The number of esters is 1. The minimum Gasteiger partial charge on any atom is -0.467 e. The summed E-state index contributed by atoms with van der Waals surface area (Å²) in [6, 6.07) is -1.05. The van der Waals surface area contributed by atoms with Gasteiger partial charge in [0.25, 0.3) is 0 Å². The van der Waals surface area contributed by atoms with Crippen molar-refractivity contribution in [2.75, 3.05) is 13.7 Å². The van der Waals surface area contributed by atoms with Gasteiger partial charge in [-0.15, -0.1) is 0 Å². The van der Waals surface area contributed by atoms with Crippen LogP contribution in [0.3, 0.4) is 0 Å². The first-order chi connectivity index (χ1) is 7.79. The van der Waals surface area contributed by atoms with Crippen LogP contribution in [-0.2, 0) is 14.3 Å². The lowest BCUT2D eigenvalue weighted by Gasteiger charge is -2.32. The van der Waals surface area contributed by atoms with E-state index in [0.29, 0.717) is 13.0 Å². The normalized spacial score (nSPS) is 22.4. The molecule has 2 atom stereocenters. The fourth-order valence-corrected chi connectivity index (χ4v) is 1.96. The molecule has 0 saturated carbocycles. The number of hydrogen-bond donors (Lipinski definition) is 1. The summed E-state index contributed by atoms with van der Waals surface area (Å²) >= 11 is 0. The highest BCUT2D eigenvalue weighted by Gasteiger charge is 2.39. The molecule has 1 aliphatic heterocycles. The third-order valence-electron chi connectivity index (χ3n) is 3.21. The molecule has 1 aliphatic rings. The van der Waals surface area contributed by atoms with Crippen molar-refractivity contribution in [3.05, 3.63) is 0 Å². The van der Waals surface area contributed by atoms with Crippen LogP contribution in [0.25, 0.3) is 0 Å². The van der Waals surface area contributed by atoms with Gasteiger partial charge in [-0.2, -0.15) is 0 Å². The highest BCUT2D eigenvalue weighted by molar-refractivity contribution is 5.88. The van der Waals surface area contributed by atoms with Crippen LogP contribution in [0.2, 0.25) is 0 Å². The van der Waals surface area contributed by atoms with Gasteiger partial charge < -0.3 is 15.4 Å². The third-order valence-corrected chi connectivity index (χ3v) is 3.21. The summed E-state index contributed by atoms with van der Waals surface area (Å²) in [7, 11) is 1.34. The van der Waals surface area contributed by atoms with Gasteiger partial charge in [0, 0.05) is 6.54 Å². The molecule has 1 rings (SSSR count). The molecule has 1 amide bonds. The number of hydrogen-bond acceptors (Lipinski definition) is 4. The van der Waals surface area contributed by atoms with Gasteiger partial charge in [0.1, 0.15) is 6.04 Å². The van der Waals surface area contributed by atoms with Gasteiger partial charge in [0.15, 0.2) is 0 Å². The quantitative estimate of drug-likeness (QED) is 0.717. The number of methoxy groups -OCH3 is 1. The summed E-state index contributed by atoms with van der Waals surface area (Å²) in [5, 5.41) is 0. The monoisotopic (exact) mass is 242 g/mol. The molecule has 0 bridgehead atoms. The Morgan fingerprint density at radius 3 is 2.47 bits per heavy atom. The average Bonchev–Trinajstić information content (AvgIpc) is 2.73. The Bertz CT molecular complexity index is 309. The number of nitrogens with two attached hydrogens (primary N) is 1. The van der Waals surface area contributed by atoms with Gasteiger partial charge >= 0.3 is 5.97 Å². The van der Waals surface area contributed by atoms with Crippen LogP contribution in [0.15, 0.2) is 0 Å². The lowest BCUT2D eigenvalue weighted by molar-refractivity contribution is -0.152. The number of amides is 1. The topological polar surface area (TPSA) is 72.6 Å². The van der Waals surface area contributed by atoms with Crippen molar-refractivity contribution in [3.8, 4) is 0 Å². The van der Waals surface area contributed by atoms with Crippen molar-refractivity contribution < 1.29 is 14.3 Å². The first kappa shape index (κ1) is 14.0. The number of likely N-dealkylation sites (tertiary alicyclic amines) is 1. The summed E-state index contributed by atoms with van der Waals surface area (Å²) in [5.41, 5.74) is 5.63. The first-order valence-corrected chi connectivity index (χ1v) is 5.93. The molecule has 17 heavy (non-hydrogen) atoms. The molecule has 2 N–H and O–H groups in total. The number of carbonyl (C=O) groups is 2. The predicted octanol–water partition coefficient (Wildman–Crippen LogP) is 0.524. The number of nitrogens with zero attached hydrogens (tertiary/aromatic N) is 1. The van der Waals surface area contributed by atoms with Crippen LogP contribution < -0.4 is 5.73 Å². The zero-order chi connectivity index (χ0) is 13.2. The van der Waals surface area contributed by atoms with Gasteiger partial charge in [0.2, 0.25) is 5.91 Å². The Labute approximate surface area is 102 Å². The van der Waals surface area contributed by atoms with Crippen LogP contribution in [0.1, 0.15) is 33.6 Å². The van der Waals surface area contributed by atoms with E-state index in [0.717, 1.165) is 6.42 Å². The van der Waals surface area contributed by atoms with E-state index in [2.05, 4.69) is 0 Å². The second-order valence-corrected chi connectivity index (χ2v) is 5.56. The van der Waals surface area contributed by atoms with Crippen LogP contribution >= 0.6 is 0 Å². The lowest BCUT2D eigenvalue weighted by Crippen LogP contribution is -2.53. The number of ether oxygens (including phenoxy) is 1. The van der Waals surface area contributed by atoms with Gasteiger partial charge in [-0.05, 0) is 18.3 Å². The lowest BCUT2D eigenvalue weighted by atomic mass is 9.86. The Morgan fingerprint density at radius 1 is 1.41 bits per heavy atom. The van der Waals surface area contributed by atoms with Gasteiger partial charge in [-0.3, -0.25) is 4.79 Å². The van der Waals surface area contributed by atoms with E-state index in [1.807, 2.05) is 20.8 Å². The van der Waals surface area contributed by atoms with E-state index < -0.39 is 12.1 Å². The standard InChI is InChI=1S/C12H22N2O3/c1-12(2,3)9(13)10(15)14-7-5-6-8(14)11(16)17-4/h8-9H,5-7,13H2,1-4H3/t8-,9?/m0/s1. The Morgan fingerprint density at radius 2 is 2.00 bits per heavy atom. The smallest absolute Gasteiger partial charge is 0.328 e. The number of carbonyl (C=O) groups excluding carboxylic acids is 2. The molecule has 1 unspecified atom stereocenters. The molecule has 0 aromatic heterocycles. The molecule has 0 radical (unpaired) electrons. The zero-order valence-electron chi connectivity index (χ0n) is 11.0. The number of rotatable bonds is 2. The van der Waals surface area contributed by atoms with E-state index in [1.165, 1.54) is 7.11 Å². The third kappa shape index (κ3) is 2.97. The highest BCUT2D eigenvalue weighted by atomic mass is 16.5. The van der Waals surface area contributed by atoms with Crippen LogP contribution in [0.4, 0.5) is 0 Å². The van der Waals surface area contributed by atoms with Crippen LogP contribution in [0.5, 0.6) is 0 Å². The van der Waals surface area contributed by atoms with Crippen molar-refractivity contribution in [1.29, 1.82) is 0 Å². The van der Waals surface area contributed by atoms with Gasteiger partial charge in [-0.1, -0.05) is 20.8 Å². The fourth-order valence-electron chi connectivity index (χ4n) is 1.96. The molecule has 1 fully saturated rings. The highest BCUT2D eigenvalue weighted by Crippen LogP contribution is 2.24. The molecule has 5 nitrogen and oxygen atoms in total. The molecule has 0 aromatic carbocycles. The van der Waals surface area contributed by atoms with Crippen molar-refractivity contribution in [2.45, 2.75) is 45.7 Å². The maximum absolute atomic E-state index is 12.2. The molecule has 0 aliphatic carbocycles. The molecule has 5 heteroatoms. The van der Waals surface area contributed by atoms with Crippen molar-refractivity contribution in [2.24, 2.45) is 11.1 Å². The van der Waals surface area contributed by atoms with Crippen LogP contribution in [-0.4, -0.2) is 42.5 Å². The predicted molar refractivity (Wildman–Crippen MR) is 64.2 cm³/mol. The zero-order valence-corrected chi connectivity index (χ0v) is 11.0. The molecule has 1 saturated heterocycles.